The highest BCUT2D eigenvalue weighted by atomic mass is 32.2. The van der Waals surface area contributed by atoms with Crippen molar-refractivity contribution in [3.05, 3.63) is 71.5 Å². The van der Waals surface area contributed by atoms with Crippen LogP contribution in [0.3, 0.4) is 0 Å². The largest absolute Gasteiger partial charge is 0.480 e. The van der Waals surface area contributed by atoms with Crippen molar-refractivity contribution >= 4 is 23.6 Å². The number of aliphatic carboxylic acids is 1. The zero-order valence-corrected chi connectivity index (χ0v) is 12.9. The third-order valence-electron chi connectivity index (χ3n) is 3.70. The number of benzene rings is 2. The van der Waals surface area contributed by atoms with Gasteiger partial charge in [0.25, 0.3) is 5.91 Å². The van der Waals surface area contributed by atoms with Gasteiger partial charge < -0.3 is 10.0 Å². The van der Waals surface area contributed by atoms with Gasteiger partial charge in [-0.3, -0.25) is 4.79 Å². The van der Waals surface area contributed by atoms with Crippen LogP contribution >= 0.6 is 11.8 Å². The number of carboxylic acids is 1. The second-order valence-corrected chi connectivity index (χ2v) is 6.28. The van der Waals surface area contributed by atoms with Crippen molar-refractivity contribution in [2.24, 2.45) is 0 Å². The van der Waals surface area contributed by atoms with Crippen molar-refractivity contribution in [1.82, 2.24) is 4.90 Å². The number of hydrogen-bond donors (Lipinski definition) is 1. The number of carbonyl (C=O) groups excluding carboxylic acids is 1. The Kier molecular flexibility index (Phi) is 4.34. The van der Waals surface area contributed by atoms with Crippen LogP contribution in [0.15, 0.2) is 54.6 Å². The Balaban J connectivity index is 1.97. The van der Waals surface area contributed by atoms with Crippen molar-refractivity contribution in [1.29, 1.82) is 0 Å². The van der Waals surface area contributed by atoms with E-state index in [-0.39, 0.29) is 11.7 Å². The number of rotatable bonds is 3. The van der Waals surface area contributed by atoms with Crippen LogP contribution in [0.5, 0.6) is 0 Å². The molecule has 118 valence electrons. The molecule has 0 bridgehead atoms. The molecule has 1 saturated heterocycles. The molecule has 23 heavy (non-hydrogen) atoms. The van der Waals surface area contributed by atoms with Crippen LogP contribution < -0.4 is 0 Å². The molecule has 6 heteroatoms. The van der Waals surface area contributed by atoms with Crippen LogP contribution in [0.4, 0.5) is 4.39 Å². The van der Waals surface area contributed by atoms with Gasteiger partial charge in [-0.05, 0) is 29.8 Å². The van der Waals surface area contributed by atoms with E-state index in [1.807, 2.05) is 0 Å². The second-order valence-electron chi connectivity index (χ2n) is 5.17. The second kappa shape index (κ2) is 6.42. The number of hydrogen-bond acceptors (Lipinski definition) is 3. The first-order valence-electron chi connectivity index (χ1n) is 7.05. The Hall–Kier alpha value is -2.34. The predicted octanol–water partition coefficient (Wildman–Crippen LogP) is 3.17. The number of carboxylic acid groups (broad SMARTS) is 1. The summed E-state index contributed by atoms with van der Waals surface area (Å²) >= 11 is 1.37. The maximum Gasteiger partial charge on any atom is 0.327 e. The van der Waals surface area contributed by atoms with Crippen molar-refractivity contribution in [3.8, 4) is 0 Å². The van der Waals surface area contributed by atoms with Crippen LogP contribution in [0.25, 0.3) is 0 Å². The average Bonchev–Trinajstić information content (AvgIpc) is 3.01. The minimum absolute atomic E-state index is 0.302. The van der Waals surface area contributed by atoms with E-state index in [0.29, 0.717) is 16.9 Å². The molecule has 1 aliphatic rings. The van der Waals surface area contributed by atoms with Crippen LogP contribution in [0.1, 0.15) is 21.3 Å². The summed E-state index contributed by atoms with van der Waals surface area (Å²) in [5, 5.41) is 8.98. The molecule has 4 nitrogen and oxygen atoms in total. The van der Waals surface area contributed by atoms with Gasteiger partial charge in [0.15, 0.2) is 0 Å². The van der Waals surface area contributed by atoms with E-state index in [0.717, 1.165) is 0 Å². The maximum absolute atomic E-state index is 13.1. The Morgan fingerprint density at radius 1 is 1.09 bits per heavy atom. The van der Waals surface area contributed by atoms with Gasteiger partial charge in [0.1, 0.15) is 17.2 Å². The zero-order chi connectivity index (χ0) is 16.4. The fraction of sp³-hybridized carbons (Fsp3) is 0.176. The third kappa shape index (κ3) is 3.07. The number of amides is 1. The average molecular weight is 331 g/mol. The molecule has 1 aliphatic heterocycles. The lowest BCUT2D eigenvalue weighted by molar-refractivity contribution is -0.141. The number of nitrogens with zero attached hydrogens (tertiary/aromatic N) is 1. The van der Waals surface area contributed by atoms with Crippen LogP contribution in [-0.2, 0) is 4.79 Å². The first kappa shape index (κ1) is 15.6. The van der Waals surface area contributed by atoms with Gasteiger partial charge in [0.05, 0.1) is 0 Å². The molecule has 1 amide bonds. The molecule has 1 heterocycles. The van der Waals surface area contributed by atoms with Crippen molar-refractivity contribution in [2.75, 3.05) is 5.75 Å². The lowest BCUT2D eigenvalue weighted by atomic mass is 10.1. The highest BCUT2D eigenvalue weighted by Gasteiger charge is 2.42. The minimum atomic E-state index is -1.04. The van der Waals surface area contributed by atoms with E-state index in [2.05, 4.69) is 0 Å². The van der Waals surface area contributed by atoms with Gasteiger partial charge in [-0.15, -0.1) is 11.8 Å². The molecule has 2 aromatic rings. The Morgan fingerprint density at radius 3 is 2.35 bits per heavy atom. The Bertz CT molecular complexity index is 720. The molecule has 0 aromatic heterocycles. The van der Waals surface area contributed by atoms with E-state index in [4.69, 9.17) is 0 Å². The summed E-state index contributed by atoms with van der Waals surface area (Å²) < 4.78 is 13.1. The molecule has 0 aliphatic carbocycles. The molecule has 0 spiro atoms. The Morgan fingerprint density at radius 2 is 1.74 bits per heavy atom. The van der Waals surface area contributed by atoms with Gasteiger partial charge in [-0.25, -0.2) is 9.18 Å². The number of halogens is 1. The van der Waals surface area contributed by atoms with Crippen molar-refractivity contribution in [3.63, 3.8) is 0 Å². The van der Waals surface area contributed by atoms with Crippen molar-refractivity contribution < 1.29 is 19.1 Å². The molecule has 0 radical (unpaired) electrons. The summed E-state index contributed by atoms with van der Waals surface area (Å²) in [4.78, 5) is 25.7. The van der Waals surface area contributed by atoms with Crippen LogP contribution in [0.2, 0.25) is 0 Å². The summed E-state index contributed by atoms with van der Waals surface area (Å²) in [6, 6.07) is 13.5. The van der Waals surface area contributed by atoms with Crippen LogP contribution in [-0.4, -0.2) is 33.7 Å². The number of carbonyl (C=O) groups is 2. The normalized spacial score (nSPS) is 20.5. The molecule has 3 rings (SSSR count). The highest BCUT2D eigenvalue weighted by molar-refractivity contribution is 7.99. The molecule has 1 N–H and O–H groups in total. The first-order valence-corrected chi connectivity index (χ1v) is 8.10. The third-order valence-corrected chi connectivity index (χ3v) is 5.02. The lowest BCUT2D eigenvalue weighted by Crippen LogP contribution is -2.42. The van der Waals surface area contributed by atoms with E-state index in [1.165, 1.54) is 28.8 Å². The predicted molar refractivity (Wildman–Crippen MR) is 85.6 cm³/mol. The molecular weight excluding hydrogens is 317 g/mol. The van der Waals surface area contributed by atoms with E-state index in [1.54, 1.807) is 42.5 Å². The van der Waals surface area contributed by atoms with Gasteiger partial charge in [0.2, 0.25) is 0 Å². The van der Waals surface area contributed by atoms with Gasteiger partial charge in [-0.1, -0.05) is 30.3 Å². The lowest BCUT2D eigenvalue weighted by Gasteiger charge is -2.27. The molecule has 2 atom stereocenters. The van der Waals surface area contributed by atoms with E-state index in [9.17, 15) is 19.1 Å². The molecule has 0 unspecified atom stereocenters. The standard InChI is InChI=1S/C17H14FNO3S/c18-13-8-6-12(7-9-13)16-19(14(10-23-16)17(21)22)15(20)11-4-2-1-3-5-11/h1-9,14,16H,10H2,(H,21,22)/t14-,16+/m1/s1. The zero-order valence-electron chi connectivity index (χ0n) is 12.1. The van der Waals surface area contributed by atoms with Crippen LogP contribution in [0, 0.1) is 5.82 Å². The summed E-state index contributed by atoms with van der Waals surface area (Å²) in [5.74, 6) is -1.44. The van der Waals surface area contributed by atoms with E-state index < -0.39 is 17.4 Å². The molecular formula is C17H14FNO3S. The first-order chi connectivity index (χ1) is 11.1. The molecule has 2 aromatic carbocycles. The fourth-order valence-corrected chi connectivity index (χ4v) is 3.98. The smallest absolute Gasteiger partial charge is 0.327 e. The summed E-state index contributed by atoms with van der Waals surface area (Å²) in [6.07, 6.45) is 0. The number of thioether (sulfide) groups is 1. The Labute approximate surface area is 136 Å². The monoisotopic (exact) mass is 331 g/mol. The quantitative estimate of drug-likeness (QED) is 0.938. The van der Waals surface area contributed by atoms with E-state index >= 15 is 0 Å². The fourth-order valence-electron chi connectivity index (χ4n) is 2.56. The summed E-state index contributed by atoms with van der Waals surface area (Å²) in [7, 11) is 0. The maximum atomic E-state index is 13.1. The highest BCUT2D eigenvalue weighted by Crippen LogP contribution is 2.42. The van der Waals surface area contributed by atoms with Gasteiger partial charge in [-0.2, -0.15) is 0 Å². The SMILES string of the molecule is O=C(O)[C@H]1CS[C@@H](c2ccc(F)cc2)N1C(=O)c1ccccc1. The minimum Gasteiger partial charge on any atom is -0.480 e. The molecule has 1 fully saturated rings. The van der Waals surface area contributed by atoms with Gasteiger partial charge >= 0.3 is 5.97 Å². The van der Waals surface area contributed by atoms with Crippen molar-refractivity contribution in [2.45, 2.75) is 11.4 Å². The topological polar surface area (TPSA) is 57.6 Å². The van der Waals surface area contributed by atoms with Gasteiger partial charge in [0, 0.05) is 11.3 Å². The summed E-state index contributed by atoms with van der Waals surface area (Å²) in [5.41, 5.74) is 1.15. The summed E-state index contributed by atoms with van der Waals surface area (Å²) in [6.45, 7) is 0. The molecule has 0 saturated carbocycles.